The van der Waals surface area contributed by atoms with E-state index in [2.05, 4.69) is 16.0 Å². The van der Waals surface area contributed by atoms with Crippen molar-refractivity contribution in [2.45, 2.75) is 25.7 Å². The average molecular weight is 461 g/mol. The Morgan fingerprint density at radius 3 is 1.81 bits per heavy atom. The SMILES string of the molecule is CCN(CC)S(=O)(=O)c1ccc(C(=O)Nc2ccc(C(=O)NCCNC(C)=O)cc2)cc1. The Kier molecular flexibility index (Phi) is 8.91. The van der Waals surface area contributed by atoms with Gasteiger partial charge in [0.05, 0.1) is 4.90 Å². The van der Waals surface area contributed by atoms with Crippen LogP contribution in [0.5, 0.6) is 0 Å². The van der Waals surface area contributed by atoms with Crippen molar-refractivity contribution in [3.8, 4) is 0 Å². The lowest BCUT2D eigenvalue weighted by Gasteiger charge is -2.18. The van der Waals surface area contributed by atoms with E-state index in [9.17, 15) is 22.8 Å². The van der Waals surface area contributed by atoms with E-state index in [1.807, 2.05) is 0 Å². The summed E-state index contributed by atoms with van der Waals surface area (Å²) in [6, 6.07) is 12.1. The third-order valence-electron chi connectivity index (χ3n) is 4.65. The lowest BCUT2D eigenvalue weighted by molar-refractivity contribution is -0.118. The van der Waals surface area contributed by atoms with E-state index in [-0.39, 0.29) is 16.7 Å². The summed E-state index contributed by atoms with van der Waals surface area (Å²) in [4.78, 5) is 35.5. The van der Waals surface area contributed by atoms with Gasteiger partial charge in [-0.1, -0.05) is 13.8 Å². The number of nitrogens with zero attached hydrogens (tertiary/aromatic N) is 1. The molecule has 0 heterocycles. The number of hydrogen-bond acceptors (Lipinski definition) is 5. The van der Waals surface area contributed by atoms with Crippen molar-refractivity contribution >= 4 is 33.4 Å². The van der Waals surface area contributed by atoms with Gasteiger partial charge >= 0.3 is 0 Å². The minimum atomic E-state index is -3.59. The molecule has 0 radical (unpaired) electrons. The highest BCUT2D eigenvalue weighted by Gasteiger charge is 2.21. The predicted molar refractivity (Wildman–Crippen MR) is 122 cm³/mol. The molecule has 0 unspecified atom stereocenters. The van der Waals surface area contributed by atoms with Crippen LogP contribution in [0.1, 0.15) is 41.5 Å². The average Bonchev–Trinajstić information content (AvgIpc) is 2.77. The monoisotopic (exact) mass is 460 g/mol. The number of rotatable bonds is 10. The van der Waals surface area contributed by atoms with E-state index in [4.69, 9.17) is 0 Å². The van der Waals surface area contributed by atoms with Crippen molar-refractivity contribution < 1.29 is 22.8 Å². The maximum atomic E-state index is 12.5. The third kappa shape index (κ3) is 6.63. The lowest BCUT2D eigenvalue weighted by atomic mass is 10.1. The summed E-state index contributed by atoms with van der Waals surface area (Å²) in [5, 5.41) is 7.98. The molecule has 0 saturated heterocycles. The standard InChI is InChI=1S/C22H28N4O5S/c1-4-26(5-2)32(30,31)20-12-8-18(9-13-20)22(29)25-19-10-6-17(7-11-19)21(28)24-15-14-23-16(3)27/h6-13H,4-5,14-15H2,1-3H3,(H,23,27)(H,24,28)(H,25,29). The molecule has 2 rings (SSSR count). The normalized spacial score (nSPS) is 11.1. The molecule has 0 bridgehead atoms. The molecular weight excluding hydrogens is 432 g/mol. The van der Waals surface area contributed by atoms with Gasteiger partial charge in [0.1, 0.15) is 0 Å². The van der Waals surface area contributed by atoms with Crippen LogP contribution in [-0.2, 0) is 14.8 Å². The number of hydrogen-bond donors (Lipinski definition) is 3. The van der Waals surface area contributed by atoms with Gasteiger partial charge < -0.3 is 16.0 Å². The van der Waals surface area contributed by atoms with Crippen molar-refractivity contribution in [1.29, 1.82) is 0 Å². The smallest absolute Gasteiger partial charge is 0.255 e. The summed E-state index contributed by atoms with van der Waals surface area (Å²) in [6.45, 7) is 6.31. The zero-order valence-electron chi connectivity index (χ0n) is 18.3. The Morgan fingerprint density at radius 1 is 0.781 bits per heavy atom. The number of carbonyl (C=O) groups excluding carboxylic acids is 3. The zero-order chi connectivity index (χ0) is 23.7. The number of carbonyl (C=O) groups is 3. The van der Waals surface area contributed by atoms with Gasteiger partial charge in [-0.25, -0.2) is 8.42 Å². The number of anilines is 1. The zero-order valence-corrected chi connectivity index (χ0v) is 19.2. The summed E-state index contributed by atoms with van der Waals surface area (Å²) in [5.74, 6) is -0.859. The molecule has 2 aromatic rings. The third-order valence-corrected chi connectivity index (χ3v) is 6.71. The van der Waals surface area contributed by atoms with Gasteiger partial charge in [0.2, 0.25) is 15.9 Å². The van der Waals surface area contributed by atoms with Crippen LogP contribution in [-0.4, -0.2) is 56.6 Å². The summed E-state index contributed by atoms with van der Waals surface area (Å²) in [6.07, 6.45) is 0. The highest BCUT2D eigenvalue weighted by Crippen LogP contribution is 2.17. The Bertz CT molecular complexity index is 1050. The fourth-order valence-corrected chi connectivity index (χ4v) is 4.37. The largest absolute Gasteiger partial charge is 0.355 e. The molecule has 0 aromatic heterocycles. The Hall–Kier alpha value is -3.24. The first kappa shape index (κ1) is 25.0. The van der Waals surface area contributed by atoms with Crippen molar-refractivity contribution in [3.05, 3.63) is 59.7 Å². The molecular formula is C22H28N4O5S. The van der Waals surface area contributed by atoms with E-state index < -0.39 is 15.9 Å². The molecule has 0 spiro atoms. The van der Waals surface area contributed by atoms with Gasteiger partial charge in [-0.15, -0.1) is 0 Å². The topological polar surface area (TPSA) is 125 Å². The molecule has 172 valence electrons. The number of nitrogens with one attached hydrogen (secondary N) is 3. The summed E-state index contributed by atoms with van der Waals surface area (Å²) in [5.41, 5.74) is 1.21. The Morgan fingerprint density at radius 2 is 1.28 bits per heavy atom. The van der Waals surface area contributed by atoms with Crippen molar-refractivity contribution in [2.24, 2.45) is 0 Å². The first-order valence-corrected chi connectivity index (χ1v) is 11.7. The van der Waals surface area contributed by atoms with Crippen LogP contribution in [0.25, 0.3) is 0 Å². The Balaban J connectivity index is 1.98. The van der Waals surface area contributed by atoms with Crippen LogP contribution in [0.2, 0.25) is 0 Å². The van der Waals surface area contributed by atoms with E-state index in [0.29, 0.717) is 43.0 Å². The van der Waals surface area contributed by atoms with E-state index in [1.54, 1.807) is 38.1 Å². The maximum absolute atomic E-state index is 12.5. The summed E-state index contributed by atoms with van der Waals surface area (Å²) < 4.78 is 26.4. The van der Waals surface area contributed by atoms with Crippen molar-refractivity contribution in [3.63, 3.8) is 0 Å². The second-order valence-electron chi connectivity index (χ2n) is 6.88. The predicted octanol–water partition coefficient (Wildman–Crippen LogP) is 1.84. The van der Waals surface area contributed by atoms with Gasteiger partial charge in [0.15, 0.2) is 0 Å². The van der Waals surface area contributed by atoms with Crippen LogP contribution in [0.4, 0.5) is 5.69 Å². The number of amides is 3. The second-order valence-corrected chi connectivity index (χ2v) is 8.82. The fourth-order valence-electron chi connectivity index (χ4n) is 2.92. The van der Waals surface area contributed by atoms with Crippen LogP contribution < -0.4 is 16.0 Å². The molecule has 2 aromatic carbocycles. The van der Waals surface area contributed by atoms with Gasteiger partial charge in [-0.3, -0.25) is 14.4 Å². The minimum absolute atomic E-state index is 0.131. The molecule has 0 aliphatic carbocycles. The van der Waals surface area contributed by atoms with Crippen LogP contribution in [0, 0.1) is 0 Å². The quantitative estimate of drug-likeness (QED) is 0.467. The molecule has 0 aliphatic rings. The van der Waals surface area contributed by atoms with E-state index in [0.717, 1.165) is 0 Å². The van der Waals surface area contributed by atoms with Gasteiger partial charge in [-0.05, 0) is 48.5 Å². The fraction of sp³-hybridized carbons (Fsp3) is 0.318. The molecule has 3 N–H and O–H groups in total. The second kappa shape index (κ2) is 11.4. The number of sulfonamides is 1. The molecule has 32 heavy (non-hydrogen) atoms. The van der Waals surface area contributed by atoms with E-state index in [1.165, 1.54) is 35.5 Å². The van der Waals surface area contributed by atoms with Gasteiger partial charge in [-0.2, -0.15) is 4.31 Å². The lowest BCUT2D eigenvalue weighted by Crippen LogP contribution is -2.33. The first-order chi connectivity index (χ1) is 15.2. The molecule has 10 heteroatoms. The molecule has 0 fully saturated rings. The number of benzene rings is 2. The Labute approximate surface area is 188 Å². The summed E-state index contributed by atoms with van der Waals surface area (Å²) >= 11 is 0. The van der Waals surface area contributed by atoms with Gasteiger partial charge in [0.25, 0.3) is 11.8 Å². The molecule has 9 nitrogen and oxygen atoms in total. The van der Waals surface area contributed by atoms with Crippen LogP contribution in [0.3, 0.4) is 0 Å². The first-order valence-electron chi connectivity index (χ1n) is 10.2. The van der Waals surface area contributed by atoms with Crippen LogP contribution >= 0.6 is 0 Å². The molecule has 0 aliphatic heterocycles. The highest BCUT2D eigenvalue weighted by atomic mass is 32.2. The molecule has 3 amide bonds. The van der Waals surface area contributed by atoms with Crippen molar-refractivity contribution in [1.82, 2.24) is 14.9 Å². The van der Waals surface area contributed by atoms with Crippen LogP contribution in [0.15, 0.2) is 53.4 Å². The highest BCUT2D eigenvalue weighted by molar-refractivity contribution is 7.89. The summed E-state index contributed by atoms with van der Waals surface area (Å²) in [7, 11) is -3.59. The van der Waals surface area contributed by atoms with Crippen molar-refractivity contribution in [2.75, 3.05) is 31.5 Å². The van der Waals surface area contributed by atoms with Gasteiger partial charge in [0, 0.05) is 49.9 Å². The molecule has 0 saturated carbocycles. The maximum Gasteiger partial charge on any atom is 0.255 e. The molecule has 0 atom stereocenters. The minimum Gasteiger partial charge on any atom is -0.355 e. The van der Waals surface area contributed by atoms with E-state index >= 15 is 0 Å².